The van der Waals surface area contributed by atoms with Crippen molar-refractivity contribution in [1.82, 2.24) is 10.2 Å². The maximum absolute atomic E-state index is 12.8. The van der Waals surface area contributed by atoms with Crippen LogP contribution in [0.3, 0.4) is 0 Å². The maximum atomic E-state index is 12.8. The van der Waals surface area contributed by atoms with Crippen LogP contribution in [0.25, 0.3) is 0 Å². The van der Waals surface area contributed by atoms with E-state index in [9.17, 15) is 9.59 Å². The summed E-state index contributed by atoms with van der Waals surface area (Å²) in [6.45, 7) is 7.39. The average molecular weight is 407 g/mol. The molecule has 1 aliphatic rings. The van der Waals surface area contributed by atoms with Gasteiger partial charge in [-0.15, -0.1) is 0 Å². The molecule has 2 rings (SSSR count). The predicted octanol–water partition coefficient (Wildman–Crippen LogP) is 2.73. The van der Waals surface area contributed by atoms with Crippen molar-refractivity contribution >= 4 is 11.8 Å². The molecule has 0 bridgehead atoms. The van der Waals surface area contributed by atoms with E-state index >= 15 is 0 Å². The summed E-state index contributed by atoms with van der Waals surface area (Å²) in [7, 11) is 3.12. The van der Waals surface area contributed by atoms with Crippen molar-refractivity contribution in [1.29, 1.82) is 0 Å². The van der Waals surface area contributed by atoms with Crippen LogP contribution in [0.1, 0.15) is 43.5 Å². The molecule has 1 aliphatic heterocycles. The summed E-state index contributed by atoms with van der Waals surface area (Å²) in [4.78, 5) is 27.0. The molecule has 7 nitrogen and oxygen atoms in total. The molecule has 2 amide bonds. The lowest BCUT2D eigenvalue weighted by molar-refractivity contribution is -0.126. The summed E-state index contributed by atoms with van der Waals surface area (Å²) < 4.78 is 16.0. The minimum Gasteiger partial charge on any atom is -0.497 e. The molecule has 1 aromatic rings. The van der Waals surface area contributed by atoms with Gasteiger partial charge >= 0.3 is 0 Å². The van der Waals surface area contributed by atoms with Crippen LogP contribution in [0.15, 0.2) is 18.2 Å². The number of hydrogen-bond donors (Lipinski definition) is 1. The number of methoxy groups -OCH3 is 2. The van der Waals surface area contributed by atoms with Crippen LogP contribution in [-0.4, -0.2) is 63.8 Å². The Morgan fingerprint density at radius 2 is 1.72 bits per heavy atom. The molecule has 1 aromatic carbocycles. The molecule has 0 aliphatic carbocycles. The van der Waals surface area contributed by atoms with Gasteiger partial charge in [0.05, 0.1) is 14.2 Å². The number of ether oxygens (including phenoxy) is 3. The van der Waals surface area contributed by atoms with Crippen molar-refractivity contribution in [3.8, 4) is 11.5 Å². The molecule has 7 heteroatoms. The Morgan fingerprint density at radius 3 is 2.28 bits per heavy atom. The van der Waals surface area contributed by atoms with Crippen LogP contribution in [0.4, 0.5) is 0 Å². The first kappa shape index (κ1) is 23.0. The molecule has 1 saturated heterocycles. The topological polar surface area (TPSA) is 77.1 Å². The third-order valence-electron chi connectivity index (χ3n) is 4.97. The van der Waals surface area contributed by atoms with E-state index in [0.717, 1.165) is 13.0 Å². The van der Waals surface area contributed by atoms with E-state index in [0.29, 0.717) is 62.1 Å². The number of rotatable bonds is 10. The number of nitrogens with one attached hydrogen (secondary N) is 1. The fourth-order valence-electron chi connectivity index (χ4n) is 3.31. The molecule has 0 aromatic heterocycles. The van der Waals surface area contributed by atoms with Crippen molar-refractivity contribution < 1.29 is 23.8 Å². The van der Waals surface area contributed by atoms with Gasteiger partial charge in [-0.2, -0.15) is 0 Å². The van der Waals surface area contributed by atoms with Crippen LogP contribution in [-0.2, 0) is 9.53 Å². The number of benzene rings is 1. The second-order valence-electron chi connectivity index (χ2n) is 7.78. The number of carbonyl (C=O) groups excluding carboxylic acids is 2. The Kier molecular flexibility index (Phi) is 9.25. The van der Waals surface area contributed by atoms with Gasteiger partial charge in [-0.1, -0.05) is 13.8 Å². The lowest BCUT2D eigenvalue weighted by atomic mass is 9.95. The third-order valence-corrected chi connectivity index (χ3v) is 4.97. The molecule has 1 fully saturated rings. The van der Waals surface area contributed by atoms with E-state index in [-0.39, 0.29) is 17.7 Å². The van der Waals surface area contributed by atoms with E-state index in [2.05, 4.69) is 19.2 Å². The quantitative estimate of drug-likeness (QED) is 0.605. The Balaban J connectivity index is 1.77. The molecule has 162 valence electrons. The zero-order valence-electron chi connectivity index (χ0n) is 18.0. The zero-order chi connectivity index (χ0) is 21.2. The second-order valence-corrected chi connectivity index (χ2v) is 7.78. The fraction of sp³-hybridized carbons (Fsp3) is 0.636. The van der Waals surface area contributed by atoms with Gasteiger partial charge in [0, 0.05) is 50.4 Å². The number of piperidine rings is 1. The monoisotopic (exact) mass is 406 g/mol. The van der Waals surface area contributed by atoms with Crippen LogP contribution in [0, 0.1) is 11.8 Å². The number of carbonyl (C=O) groups is 2. The fourth-order valence-corrected chi connectivity index (χ4v) is 3.31. The molecule has 0 saturated carbocycles. The van der Waals surface area contributed by atoms with Crippen molar-refractivity contribution in [3.05, 3.63) is 23.8 Å². The summed E-state index contributed by atoms with van der Waals surface area (Å²) >= 11 is 0. The molecule has 29 heavy (non-hydrogen) atoms. The molecule has 1 N–H and O–H groups in total. The SMILES string of the molecule is COc1cc(OC)cc(C(=O)N2CCC(C(=O)NCCCOCC(C)C)CC2)c1. The van der Waals surface area contributed by atoms with Crippen LogP contribution >= 0.6 is 0 Å². The summed E-state index contributed by atoms with van der Waals surface area (Å²) in [5.41, 5.74) is 0.533. The summed E-state index contributed by atoms with van der Waals surface area (Å²) in [6, 6.07) is 5.16. The smallest absolute Gasteiger partial charge is 0.254 e. The van der Waals surface area contributed by atoms with Gasteiger partial charge < -0.3 is 24.4 Å². The summed E-state index contributed by atoms with van der Waals surface area (Å²) in [5.74, 6) is 1.65. The first-order chi connectivity index (χ1) is 13.9. The van der Waals surface area contributed by atoms with Crippen molar-refractivity contribution in [2.45, 2.75) is 33.1 Å². The lowest BCUT2D eigenvalue weighted by Gasteiger charge is -2.31. The zero-order valence-corrected chi connectivity index (χ0v) is 18.0. The van der Waals surface area contributed by atoms with Crippen molar-refractivity contribution in [3.63, 3.8) is 0 Å². The number of amides is 2. The maximum Gasteiger partial charge on any atom is 0.254 e. The molecule has 0 spiro atoms. The predicted molar refractivity (Wildman–Crippen MR) is 111 cm³/mol. The lowest BCUT2D eigenvalue weighted by Crippen LogP contribution is -2.43. The van der Waals surface area contributed by atoms with E-state index in [4.69, 9.17) is 14.2 Å². The van der Waals surface area contributed by atoms with Gasteiger partial charge in [-0.25, -0.2) is 0 Å². The third kappa shape index (κ3) is 7.24. The largest absolute Gasteiger partial charge is 0.497 e. The Bertz CT molecular complexity index is 647. The normalized spacial score (nSPS) is 14.7. The first-order valence-electron chi connectivity index (χ1n) is 10.3. The number of hydrogen-bond acceptors (Lipinski definition) is 5. The highest BCUT2D eigenvalue weighted by Gasteiger charge is 2.28. The van der Waals surface area contributed by atoms with Crippen LogP contribution < -0.4 is 14.8 Å². The van der Waals surface area contributed by atoms with E-state index in [1.54, 1.807) is 37.3 Å². The Labute approximate surface area is 173 Å². The minimum atomic E-state index is -0.0663. The first-order valence-corrected chi connectivity index (χ1v) is 10.3. The molecule has 0 unspecified atom stereocenters. The van der Waals surface area contributed by atoms with Crippen LogP contribution in [0.2, 0.25) is 0 Å². The second kappa shape index (κ2) is 11.7. The molecule has 0 radical (unpaired) electrons. The van der Waals surface area contributed by atoms with E-state index in [1.807, 2.05) is 0 Å². The van der Waals surface area contributed by atoms with Gasteiger partial charge in [0.15, 0.2) is 0 Å². The molecular formula is C22H34N2O5. The van der Waals surface area contributed by atoms with Gasteiger partial charge in [0.25, 0.3) is 5.91 Å². The van der Waals surface area contributed by atoms with E-state index in [1.165, 1.54) is 0 Å². The summed E-state index contributed by atoms with van der Waals surface area (Å²) in [6.07, 6.45) is 2.15. The summed E-state index contributed by atoms with van der Waals surface area (Å²) in [5, 5.41) is 2.99. The minimum absolute atomic E-state index is 0.0459. The molecular weight excluding hydrogens is 372 g/mol. The Morgan fingerprint density at radius 1 is 1.10 bits per heavy atom. The number of likely N-dealkylation sites (tertiary alicyclic amines) is 1. The van der Waals surface area contributed by atoms with Gasteiger partial charge in [-0.3, -0.25) is 9.59 Å². The highest BCUT2D eigenvalue weighted by Crippen LogP contribution is 2.25. The Hall–Kier alpha value is -2.28. The molecule has 1 heterocycles. The van der Waals surface area contributed by atoms with Gasteiger partial charge in [0.1, 0.15) is 11.5 Å². The van der Waals surface area contributed by atoms with Crippen LogP contribution in [0.5, 0.6) is 11.5 Å². The van der Waals surface area contributed by atoms with Gasteiger partial charge in [-0.05, 0) is 37.3 Å². The molecule has 0 atom stereocenters. The standard InChI is InChI=1S/C22H34N2O5/c1-16(2)15-29-11-5-8-23-21(25)17-6-9-24(10-7-17)22(26)18-12-19(27-3)14-20(13-18)28-4/h12-14,16-17H,5-11,15H2,1-4H3,(H,23,25). The highest BCUT2D eigenvalue weighted by atomic mass is 16.5. The highest BCUT2D eigenvalue weighted by molar-refractivity contribution is 5.95. The van der Waals surface area contributed by atoms with Gasteiger partial charge in [0.2, 0.25) is 5.91 Å². The van der Waals surface area contributed by atoms with E-state index < -0.39 is 0 Å². The average Bonchev–Trinajstić information content (AvgIpc) is 2.74. The van der Waals surface area contributed by atoms with Crippen molar-refractivity contribution in [2.75, 3.05) is 47.1 Å². The van der Waals surface area contributed by atoms with Crippen molar-refractivity contribution in [2.24, 2.45) is 11.8 Å². The number of nitrogens with zero attached hydrogens (tertiary/aromatic N) is 1.